The minimum Gasteiger partial charge on any atom is -0.307 e. The number of aromatic amines is 1. The lowest BCUT2D eigenvalue weighted by atomic mass is 10.2. The highest BCUT2D eigenvalue weighted by molar-refractivity contribution is 6.31. The molecule has 0 spiro atoms. The number of nitrogens with one attached hydrogen (secondary N) is 1. The Kier molecular flexibility index (Phi) is 3.04. The van der Waals surface area contributed by atoms with Gasteiger partial charge in [0.15, 0.2) is 0 Å². The lowest BCUT2D eigenvalue weighted by Gasteiger charge is -2.02. The van der Waals surface area contributed by atoms with Crippen molar-refractivity contribution in [3.8, 4) is 6.07 Å². The van der Waals surface area contributed by atoms with Crippen molar-refractivity contribution in [2.75, 3.05) is 0 Å². The molecule has 0 saturated carbocycles. The molecule has 0 atom stereocenters. The van der Waals surface area contributed by atoms with Crippen LogP contribution in [0.2, 0.25) is 5.02 Å². The zero-order chi connectivity index (χ0) is 9.84. The molecule has 0 aliphatic carbocycles. The molecule has 1 N–H and O–H groups in total. The van der Waals surface area contributed by atoms with Gasteiger partial charge in [-0.3, -0.25) is 0 Å². The van der Waals surface area contributed by atoms with Gasteiger partial charge in [-0.25, -0.2) is 4.79 Å². The van der Waals surface area contributed by atoms with Gasteiger partial charge >= 0.3 is 5.69 Å². The highest BCUT2D eigenvalue weighted by Crippen LogP contribution is 2.16. The SMILES string of the molecule is CCc1nc(=O)[nH]c(CC#N)c1Cl. The van der Waals surface area contributed by atoms with Crippen molar-refractivity contribution in [2.24, 2.45) is 0 Å². The minimum atomic E-state index is -0.452. The number of nitrogens with zero attached hydrogens (tertiary/aromatic N) is 2. The van der Waals surface area contributed by atoms with E-state index in [0.29, 0.717) is 22.8 Å². The molecular formula is C8H8ClN3O. The molecule has 1 aromatic rings. The Morgan fingerprint density at radius 3 is 2.92 bits per heavy atom. The van der Waals surface area contributed by atoms with E-state index in [1.54, 1.807) is 0 Å². The van der Waals surface area contributed by atoms with Crippen molar-refractivity contribution in [1.82, 2.24) is 9.97 Å². The third kappa shape index (κ3) is 2.07. The van der Waals surface area contributed by atoms with Gasteiger partial charge in [0, 0.05) is 0 Å². The first-order valence-electron chi connectivity index (χ1n) is 3.83. The van der Waals surface area contributed by atoms with E-state index in [1.807, 2.05) is 13.0 Å². The molecule has 1 rings (SSSR count). The van der Waals surface area contributed by atoms with Crippen molar-refractivity contribution < 1.29 is 0 Å². The van der Waals surface area contributed by atoms with Gasteiger partial charge in [-0.2, -0.15) is 10.2 Å². The quantitative estimate of drug-likeness (QED) is 0.771. The van der Waals surface area contributed by atoms with Crippen molar-refractivity contribution >= 4 is 11.6 Å². The number of rotatable bonds is 2. The molecule has 68 valence electrons. The van der Waals surface area contributed by atoms with E-state index in [1.165, 1.54) is 0 Å². The van der Waals surface area contributed by atoms with E-state index < -0.39 is 5.69 Å². The van der Waals surface area contributed by atoms with E-state index in [0.717, 1.165) is 0 Å². The number of H-pyrrole nitrogens is 1. The van der Waals surface area contributed by atoms with E-state index in [-0.39, 0.29) is 6.42 Å². The van der Waals surface area contributed by atoms with Gasteiger partial charge in [-0.1, -0.05) is 18.5 Å². The average molecular weight is 198 g/mol. The second-order valence-corrected chi connectivity index (χ2v) is 2.85. The Hall–Kier alpha value is -1.34. The smallest absolute Gasteiger partial charge is 0.307 e. The Morgan fingerprint density at radius 2 is 2.38 bits per heavy atom. The molecule has 0 aliphatic heterocycles. The first-order valence-corrected chi connectivity index (χ1v) is 4.21. The first kappa shape index (κ1) is 9.75. The fraction of sp³-hybridized carbons (Fsp3) is 0.375. The van der Waals surface area contributed by atoms with Crippen LogP contribution in [-0.2, 0) is 12.8 Å². The van der Waals surface area contributed by atoms with Gasteiger partial charge < -0.3 is 4.98 Å². The van der Waals surface area contributed by atoms with Crippen LogP contribution in [0.4, 0.5) is 0 Å². The van der Waals surface area contributed by atoms with Gasteiger partial charge in [0.2, 0.25) is 0 Å². The molecule has 0 bridgehead atoms. The van der Waals surface area contributed by atoms with Gasteiger partial charge in [0.25, 0.3) is 0 Å². The van der Waals surface area contributed by atoms with Crippen LogP contribution in [0.1, 0.15) is 18.3 Å². The Balaban J connectivity index is 3.29. The van der Waals surface area contributed by atoms with Gasteiger partial charge in [-0.15, -0.1) is 0 Å². The molecule has 0 fully saturated rings. The minimum absolute atomic E-state index is 0.101. The number of hydrogen-bond donors (Lipinski definition) is 1. The van der Waals surface area contributed by atoms with E-state index in [4.69, 9.17) is 16.9 Å². The van der Waals surface area contributed by atoms with Crippen molar-refractivity contribution in [3.63, 3.8) is 0 Å². The fourth-order valence-corrected chi connectivity index (χ4v) is 1.28. The number of nitriles is 1. The molecule has 13 heavy (non-hydrogen) atoms. The average Bonchev–Trinajstić information content (AvgIpc) is 2.11. The summed E-state index contributed by atoms with van der Waals surface area (Å²) in [5, 5.41) is 8.84. The maximum absolute atomic E-state index is 11.0. The van der Waals surface area contributed by atoms with Crippen LogP contribution in [0.3, 0.4) is 0 Å². The molecule has 0 amide bonds. The molecule has 0 saturated heterocycles. The third-order valence-corrected chi connectivity index (χ3v) is 2.05. The van der Waals surface area contributed by atoms with Crippen LogP contribution in [-0.4, -0.2) is 9.97 Å². The van der Waals surface area contributed by atoms with Crippen LogP contribution in [0.15, 0.2) is 4.79 Å². The van der Waals surface area contributed by atoms with Crippen molar-refractivity contribution in [3.05, 3.63) is 26.9 Å². The second-order valence-electron chi connectivity index (χ2n) is 2.47. The van der Waals surface area contributed by atoms with Gasteiger partial charge in [-0.05, 0) is 6.42 Å². The summed E-state index contributed by atoms with van der Waals surface area (Å²) in [7, 11) is 0. The zero-order valence-corrected chi connectivity index (χ0v) is 7.85. The predicted octanol–water partition coefficient (Wildman–Crippen LogP) is 1.05. The summed E-state index contributed by atoms with van der Waals surface area (Å²) < 4.78 is 0. The van der Waals surface area contributed by atoms with Crippen LogP contribution >= 0.6 is 11.6 Å². The predicted molar refractivity (Wildman–Crippen MR) is 48.6 cm³/mol. The summed E-state index contributed by atoms with van der Waals surface area (Å²) in [5.74, 6) is 0. The topological polar surface area (TPSA) is 69.5 Å². The van der Waals surface area contributed by atoms with Gasteiger partial charge in [0.05, 0.1) is 28.9 Å². The van der Waals surface area contributed by atoms with E-state index in [9.17, 15) is 4.79 Å². The van der Waals surface area contributed by atoms with Crippen LogP contribution in [0, 0.1) is 11.3 Å². The Bertz CT molecular complexity index is 405. The number of halogens is 1. The summed E-state index contributed by atoms with van der Waals surface area (Å²) in [6, 6.07) is 1.92. The van der Waals surface area contributed by atoms with Gasteiger partial charge in [0.1, 0.15) is 0 Å². The molecule has 0 unspecified atom stereocenters. The van der Waals surface area contributed by atoms with Crippen LogP contribution < -0.4 is 5.69 Å². The monoisotopic (exact) mass is 197 g/mol. The lowest BCUT2D eigenvalue weighted by molar-refractivity contribution is 0.918. The highest BCUT2D eigenvalue weighted by Gasteiger charge is 2.07. The molecule has 0 aromatic carbocycles. The van der Waals surface area contributed by atoms with Crippen LogP contribution in [0.5, 0.6) is 0 Å². The summed E-state index contributed by atoms with van der Waals surface area (Å²) in [6.45, 7) is 1.85. The molecule has 1 heterocycles. The standard InChI is InChI=1S/C8H8ClN3O/c1-2-5-7(9)6(3-4-10)12-8(13)11-5/h2-3H2,1H3,(H,11,12,13). The lowest BCUT2D eigenvalue weighted by Crippen LogP contribution is -2.16. The normalized spacial score (nSPS) is 9.62. The summed E-state index contributed by atoms with van der Waals surface area (Å²) in [5.41, 5.74) is 0.531. The fourth-order valence-electron chi connectivity index (χ4n) is 0.993. The van der Waals surface area contributed by atoms with Crippen molar-refractivity contribution in [2.45, 2.75) is 19.8 Å². The highest BCUT2D eigenvalue weighted by atomic mass is 35.5. The summed E-state index contributed by atoms with van der Waals surface area (Å²) in [6.07, 6.45) is 0.685. The maximum atomic E-state index is 11.0. The van der Waals surface area contributed by atoms with E-state index >= 15 is 0 Å². The van der Waals surface area contributed by atoms with E-state index in [2.05, 4.69) is 9.97 Å². The molecule has 1 aromatic heterocycles. The Labute approximate surface area is 80.2 Å². The summed E-state index contributed by atoms with van der Waals surface area (Å²) in [4.78, 5) is 17.1. The van der Waals surface area contributed by atoms with Crippen LogP contribution in [0.25, 0.3) is 0 Å². The second kappa shape index (κ2) is 4.06. The molecule has 4 nitrogen and oxygen atoms in total. The first-order chi connectivity index (χ1) is 6.19. The number of aryl methyl sites for hydroxylation is 1. The third-order valence-electron chi connectivity index (χ3n) is 1.60. The number of aromatic nitrogens is 2. The molecular weight excluding hydrogens is 190 g/mol. The van der Waals surface area contributed by atoms with Crippen molar-refractivity contribution in [1.29, 1.82) is 5.26 Å². The largest absolute Gasteiger partial charge is 0.345 e. The molecule has 5 heteroatoms. The molecule has 0 aliphatic rings. The maximum Gasteiger partial charge on any atom is 0.345 e. The Morgan fingerprint density at radius 1 is 1.69 bits per heavy atom. The number of hydrogen-bond acceptors (Lipinski definition) is 3. The summed E-state index contributed by atoms with van der Waals surface area (Å²) >= 11 is 5.88. The molecule has 0 radical (unpaired) electrons. The zero-order valence-electron chi connectivity index (χ0n) is 7.09.